The van der Waals surface area contributed by atoms with Crippen LogP contribution in [0.25, 0.3) is 0 Å². The fourth-order valence-electron chi connectivity index (χ4n) is 1.12. The van der Waals surface area contributed by atoms with E-state index in [4.69, 9.17) is 10.1 Å². The van der Waals surface area contributed by atoms with Crippen molar-refractivity contribution in [3.63, 3.8) is 0 Å². The average molecular weight is 204 g/mol. The molecule has 0 heterocycles. The monoisotopic (exact) mass is 204 g/mol. The summed E-state index contributed by atoms with van der Waals surface area (Å²) >= 11 is 0. The standard InChI is InChI=1S/C10H23N.HNO2/c1-3-5-7-9-11-10-8-6-4-2;2-1-3/h11H,3-10H2,1-2H3;(H,2,3). The molecule has 0 saturated heterocycles. The van der Waals surface area contributed by atoms with Crippen LogP contribution in [0.5, 0.6) is 0 Å². The molecule has 0 spiro atoms. The molecule has 0 saturated carbocycles. The van der Waals surface area contributed by atoms with Gasteiger partial charge in [0.1, 0.15) is 0 Å². The molecule has 0 aromatic rings. The highest BCUT2D eigenvalue weighted by Crippen LogP contribution is 1.93. The molecule has 0 aromatic heterocycles. The van der Waals surface area contributed by atoms with Gasteiger partial charge in [0.2, 0.25) is 0 Å². The van der Waals surface area contributed by atoms with E-state index in [1.54, 1.807) is 0 Å². The van der Waals surface area contributed by atoms with Crippen LogP contribution in [0.1, 0.15) is 52.4 Å². The maximum atomic E-state index is 8.11. The van der Waals surface area contributed by atoms with Crippen molar-refractivity contribution < 1.29 is 5.21 Å². The number of rotatable bonds is 8. The van der Waals surface area contributed by atoms with E-state index in [-0.39, 0.29) is 0 Å². The van der Waals surface area contributed by atoms with Crippen molar-refractivity contribution in [3.8, 4) is 0 Å². The first-order valence-electron chi connectivity index (χ1n) is 5.50. The summed E-state index contributed by atoms with van der Waals surface area (Å²) in [6.07, 6.45) is 8.11. The number of nitrogens with one attached hydrogen (secondary N) is 1. The molecule has 0 aromatic carbocycles. The zero-order valence-corrected chi connectivity index (χ0v) is 9.46. The summed E-state index contributed by atoms with van der Waals surface area (Å²) < 4.78 is 0. The highest BCUT2D eigenvalue weighted by atomic mass is 16.6. The Hall–Kier alpha value is -0.640. The van der Waals surface area contributed by atoms with Crippen LogP contribution in [0, 0.1) is 4.91 Å². The molecule has 4 heteroatoms. The Morgan fingerprint density at radius 2 is 1.36 bits per heavy atom. The maximum Gasteiger partial charge on any atom is 0.152 e. The van der Waals surface area contributed by atoms with Gasteiger partial charge in [0.25, 0.3) is 0 Å². The van der Waals surface area contributed by atoms with Crippen molar-refractivity contribution in [1.82, 2.24) is 5.32 Å². The van der Waals surface area contributed by atoms with Gasteiger partial charge in [-0.25, -0.2) is 0 Å². The van der Waals surface area contributed by atoms with Crippen LogP contribution in [0.2, 0.25) is 0 Å². The predicted molar refractivity (Wildman–Crippen MR) is 59.5 cm³/mol. The van der Waals surface area contributed by atoms with Gasteiger partial charge >= 0.3 is 0 Å². The normalized spacial score (nSPS) is 9.00. The van der Waals surface area contributed by atoms with Crippen LogP contribution in [0.3, 0.4) is 0 Å². The summed E-state index contributed by atoms with van der Waals surface area (Å²) in [6.45, 7) is 6.93. The molecule has 0 unspecified atom stereocenters. The van der Waals surface area contributed by atoms with Gasteiger partial charge < -0.3 is 10.5 Å². The van der Waals surface area contributed by atoms with Crippen LogP contribution in [-0.4, -0.2) is 18.3 Å². The molecule has 0 fully saturated rings. The smallest absolute Gasteiger partial charge is 0.152 e. The summed E-state index contributed by atoms with van der Waals surface area (Å²) in [5.41, 5.74) is 0. The Morgan fingerprint density at radius 1 is 1.00 bits per heavy atom. The highest BCUT2D eigenvalue weighted by Gasteiger charge is 1.86. The van der Waals surface area contributed by atoms with Crippen molar-refractivity contribution >= 4 is 0 Å². The van der Waals surface area contributed by atoms with Gasteiger partial charge in [-0.3, -0.25) is 0 Å². The molecule has 0 atom stereocenters. The second-order valence-corrected chi connectivity index (χ2v) is 3.25. The first kappa shape index (κ1) is 15.8. The topological polar surface area (TPSA) is 61.7 Å². The Balaban J connectivity index is 0. The van der Waals surface area contributed by atoms with Gasteiger partial charge in [-0.05, 0) is 25.9 Å². The van der Waals surface area contributed by atoms with Gasteiger partial charge in [-0.15, -0.1) is 4.91 Å². The van der Waals surface area contributed by atoms with Crippen LogP contribution in [0.4, 0.5) is 0 Å². The Bertz CT molecular complexity index is 92.1. The number of hydrogen-bond acceptors (Lipinski definition) is 3. The lowest BCUT2D eigenvalue weighted by molar-refractivity contribution is 0.312. The fourth-order valence-corrected chi connectivity index (χ4v) is 1.12. The Labute approximate surface area is 87.0 Å². The second-order valence-electron chi connectivity index (χ2n) is 3.25. The molecule has 0 bridgehead atoms. The zero-order chi connectivity index (χ0) is 11.1. The molecular weight excluding hydrogens is 180 g/mol. The minimum Gasteiger partial charge on any atom is -0.379 e. The lowest BCUT2D eigenvalue weighted by Crippen LogP contribution is -2.16. The van der Waals surface area contributed by atoms with Gasteiger partial charge in [0.15, 0.2) is 5.34 Å². The molecular formula is C10H24N2O2. The first-order valence-corrected chi connectivity index (χ1v) is 5.50. The van der Waals surface area contributed by atoms with Gasteiger partial charge in [-0.2, -0.15) is 0 Å². The van der Waals surface area contributed by atoms with E-state index in [0.29, 0.717) is 0 Å². The molecule has 0 aliphatic heterocycles. The van der Waals surface area contributed by atoms with Crippen molar-refractivity contribution in [2.24, 2.45) is 5.34 Å². The molecule has 4 nitrogen and oxygen atoms in total. The van der Waals surface area contributed by atoms with E-state index in [9.17, 15) is 0 Å². The third-order valence-electron chi connectivity index (χ3n) is 1.91. The van der Waals surface area contributed by atoms with Gasteiger partial charge in [0, 0.05) is 0 Å². The summed E-state index contributed by atoms with van der Waals surface area (Å²) in [5.74, 6) is 0. The molecule has 2 N–H and O–H groups in total. The Kier molecular flexibility index (Phi) is 20.6. The number of nitrogens with zero attached hydrogens (tertiary/aromatic N) is 1. The van der Waals surface area contributed by atoms with Gasteiger partial charge in [0.05, 0.1) is 0 Å². The van der Waals surface area contributed by atoms with E-state index < -0.39 is 0 Å². The number of hydrogen-bond donors (Lipinski definition) is 2. The quantitative estimate of drug-likeness (QED) is 0.363. The van der Waals surface area contributed by atoms with Crippen LogP contribution in [-0.2, 0) is 0 Å². The Morgan fingerprint density at radius 3 is 1.64 bits per heavy atom. The molecule has 86 valence electrons. The van der Waals surface area contributed by atoms with E-state index in [0.717, 1.165) is 0 Å². The lowest BCUT2D eigenvalue weighted by Gasteiger charge is -2.02. The summed E-state index contributed by atoms with van der Waals surface area (Å²) in [4.78, 5) is 8.11. The largest absolute Gasteiger partial charge is 0.379 e. The minimum absolute atomic E-state index is 1.22. The first-order chi connectivity index (χ1) is 6.83. The highest BCUT2D eigenvalue weighted by molar-refractivity contribution is 4.48. The predicted octanol–water partition coefficient (Wildman–Crippen LogP) is 3.10. The van der Waals surface area contributed by atoms with Crippen molar-refractivity contribution in [3.05, 3.63) is 4.91 Å². The van der Waals surface area contributed by atoms with Crippen molar-refractivity contribution in [2.75, 3.05) is 13.1 Å². The van der Waals surface area contributed by atoms with E-state index in [1.165, 1.54) is 57.0 Å². The van der Waals surface area contributed by atoms with E-state index >= 15 is 0 Å². The summed E-state index contributed by atoms with van der Waals surface area (Å²) in [7, 11) is 0. The maximum absolute atomic E-state index is 8.11. The van der Waals surface area contributed by atoms with Crippen molar-refractivity contribution in [2.45, 2.75) is 52.4 Å². The molecule has 0 aliphatic rings. The molecule has 14 heavy (non-hydrogen) atoms. The van der Waals surface area contributed by atoms with Crippen LogP contribution < -0.4 is 5.32 Å². The molecule has 0 aliphatic carbocycles. The molecule has 0 rings (SSSR count). The van der Waals surface area contributed by atoms with Gasteiger partial charge in [-0.1, -0.05) is 39.5 Å². The summed E-state index contributed by atoms with van der Waals surface area (Å²) in [5, 5.41) is 11.3. The second kappa shape index (κ2) is 18.2. The third kappa shape index (κ3) is 22.5. The van der Waals surface area contributed by atoms with Crippen LogP contribution in [0.15, 0.2) is 5.34 Å². The third-order valence-corrected chi connectivity index (χ3v) is 1.91. The van der Waals surface area contributed by atoms with Crippen LogP contribution >= 0.6 is 0 Å². The zero-order valence-electron chi connectivity index (χ0n) is 9.46. The number of unbranched alkanes of at least 4 members (excludes halogenated alkanes) is 4. The van der Waals surface area contributed by atoms with Crippen molar-refractivity contribution in [1.29, 1.82) is 0 Å². The SMILES string of the molecule is CCCCCNCCCCC.O=NO. The van der Waals surface area contributed by atoms with E-state index in [1.807, 2.05) is 0 Å². The fraction of sp³-hybridized carbons (Fsp3) is 1.00. The molecule has 0 amide bonds. The van der Waals surface area contributed by atoms with E-state index in [2.05, 4.69) is 19.2 Å². The average Bonchev–Trinajstić information content (AvgIpc) is 2.18. The molecule has 0 radical (unpaired) electrons. The minimum atomic E-state index is 1.22. The lowest BCUT2D eigenvalue weighted by atomic mass is 10.2. The summed E-state index contributed by atoms with van der Waals surface area (Å²) in [6, 6.07) is 0.